The number of methoxy groups -OCH3 is 1. The molecule has 0 amide bonds. The van der Waals surface area contributed by atoms with Crippen LogP contribution in [-0.4, -0.2) is 12.1 Å². The average Bonchev–Trinajstić information content (AvgIpc) is 2.64. The van der Waals surface area contributed by atoms with Crippen molar-refractivity contribution in [1.82, 2.24) is 4.98 Å². The van der Waals surface area contributed by atoms with Crippen LogP contribution in [0.25, 0.3) is 10.9 Å². The van der Waals surface area contributed by atoms with Gasteiger partial charge in [-0.2, -0.15) is 0 Å². The molecule has 0 aliphatic heterocycles. The Morgan fingerprint density at radius 3 is 2.92 bits per heavy atom. The lowest BCUT2D eigenvalue weighted by molar-refractivity contribution is 0.419. The van der Waals surface area contributed by atoms with Crippen LogP contribution in [0.2, 0.25) is 0 Å². The van der Waals surface area contributed by atoms with Crippen LogP contribution in [-0.2, 0) is 5.88 Å². The summed E-state index contributed by atoms with van der Waals surface area (Å²) in [5, 5.41) is 1.13. The molecule has 0 aliphatic rings. The summed E-state index contributed by atoms with van der Waals surface area (Å²) >= 11 is 5.80. The van der Waals surface area contributed by atoms with Crippen LogP contribution in [0.15, 0.2) is 24.4 Å². The molecular formula is C10H10ClNO. The maximum Gasteiger partial charge on any atom is 0.142 e. The number of rotatable bonds is 2. The van der Waals surface area contributed by atoms with E-state index in [1.54, 1.807) is 7.11 Å². The highest BCUT2D eigenvalue weighted by Gasteiger charge is 2.05. The molecule has 1 heterocycles. The SMILES string of the molecule is COc1ccc(CCl)c2cc[nH]c12. The minimum atomic E-state index is 0.526. The Morgan fingerprint density at radius 2 is 2.23 bits per heavy atom. The molecule has 0 spiro atoms. The predicted molar refractivity (Wildman–Crippen MR) is 54.4 cm³/mol. The number of ether oxygens (including phenoxy) is 1. The number of halogens is 1. The first-order chi connectivity index (χ1) is 6.36. The molecule has 0 aliphatic carbocycles. The summed E-state index contributed by atoms with van der Waals surface area (Å²) < 4.78 is 5.21. The van der Waals surface area contributed by atoms with Gasteiger partial charge < -0.3 is 9.72 Å². The van der Waals surface area contributed by atoms with Gasteiger partial charge in [0.25, 0.3) is 0 Å². The zero-order valence-electron chi connectivity index (χ0n) is 7.30. The Balaban J connectivity index is 2.74. The molecule has 1 N–H and O–H groups in total. The molecule has 0 saturated heterocycles. The minimum Gasteiger partial charge on any atom is -0.495 e. The van der Waals surface area contributed by atoms with Crippen molar-refractivity contribution in [2.24, 2.45) is 0 Å². The lowest BCUT2D eigenvalue weighted by Gasteiger charge is -2.04. The molecule has 68 valence electrons. The van der Waals surface area contributed by atoms with Crippen LogP contribution in [0.3, 0.4) is 0 Å². The van der Waals surface area contributed by atoms with Gasteiger partial charge in [-0.3, -0.25) is 0 Å². The normalized spacial score (nSPS) is 10.6. The second-order valence-electron chi connectivity index (χ2n) is 2.83. The van der Waals surface area contributed by atoms with Gasteiger partial charge in [-0.25, -0.2) is 0 Å². The van der Waals surface area contributed by atoms with Crippen LogP contribution >= 0.6 is 11.6 Å². The van der Waals surface area contributed by atoms with Crippen LogP contribution in [0.1, 0.15) is 5.56 Å². The molecule has 0 unspecified atom stereocenters. The van der Waals surface area contributed by atoms with Gasteiger partial charge in [-0.15, -0.1) is 11.6 Å². The summed E-state index contributed by atoms with van der Waals surface area (Å²) in [6.45, 7) is 0. The number of benzene rings is 1. The van der Waals surface area contributed by atoms with Gasteiger partial charge in [-0.05, 0) is 17.7 Å². The Hall–Kier alpha value is -1.15. The second kappa shape index (κ2) is 3.30. The maximum atomic E-state index is 5.80. The topological polar surface area (TPSA) is 25.0 Å². The molecule has 0 radical (unpaired) electrons. The first-order valence-corrected chi connectivity index (χ1v) is 4.59. The van der Waals surface area contributed by atoms with E-state index in [0.29, 0.717) is 5.88 Å². The third-order valence-electron chi connectivity index (χ3n) is 2.14. The van der Waals surface area contributed by atoms with E-state index in [1.165, 1.54) is 0 Å². The molecule has 0 atom stereocenters. The molecular weight excluding hydrogens is 186 g/mol. The number of nitrogens with one attached hydrogen (secondary N) is 1. The van der Waals surface area contributed by atoms with E-state index in [4.69, 9.17) is 16.3 Å². The minimum absolute atomic E-state index is 0.526. The van der Waals surface area contributed by atoms with Crippen molar-refractivity contribution in [1.29, 1.82) is 0 Å². The summed E-state index contributed by atoms with van der Waals surface area (Å²) in [5.41, 5.74) is 2.14. The third kappa shape index (κ3) is 1.27. The van der Waals surface area contributed by atoms with Crippen molar-refractivity contribution in [3.8, 4) is 5.75 Å². The van der Waals surface area contributed by atoms with Crippen LogP contribution < -0.4 is 4.74 Å². The highest BCUT2D eigenvalue weighted by atomic mass is 35.5. The van der Waals surface area contributed by atoms with E-state index in [9.17, 15) is 0 Å². The standard InChI is InChI=1S/C10H10ClNO/c1-13-9-3-2-7(6-11)8-4-5-12-10(8)9/h2-5,12H,6H2,1H3. The van der Waals surface area contributed by atoms with Gasteiger partial charge in [0.15, 0.2) is 0 Å². The summed E-state index contributed by atoms with van der Waals surface area (Å²) in [6.07, 6.45) is 1.89. The Bertz CT molecular complexity index is 384. The Morgan fingerprint density at radius 1 is 1.38 bits per heavy atom. The lowest BCUT2D eigenvalue weighted by atomic mass is 10.1. The third-order valence-corrected chi connectivity index (χ3v) is 2.43. The summed E-state index contributed by atoms with van der Waals surface area (Å²) in [7, 11) is 1.66. The highest BCUT2D eigenvalue weighted by Crippen LogP contribution is 2.27. The first-order valence-electron chi connectivity index (χ1n) is 4.05. The van der Waals surface area contributed by atoms with Gasteiger partial charge in [0.1, 0.15) is 5.75 Å². The van der Waals surface area contributed by atoms with Gasteiger partial charge in [-0.1, -0.05) is 6.07 Å². The van der Waals surface area contributed by atoms with Crippen molar-refractivity contribution < 1.29 is 4.74 Å². The zero-order chi connectivity index (χ0) is 9.26. The smallest absolute Gasteiger partial charge is 0.142 e. The zero-order valence-corrected chi connectivity index (χ0v) is 8.06. The second-order valence-corrected chi connectivity index (χ2v) is 3.09. The van der Waals surface area contributed by atoms with E-state index in [0.717, 1.165) is 22.2 Å². The molecule has 0 saturated carbocycles. The Labute approximate surface area is 81.5 Å². The first kappa shape index (κ1) is 8.45. The van der Waals surface area contributed by atoms with Gasteiger partial charge in [0.05, 0.1) is 12.6 Å². The molecule has 0 bridgehead atoms. The number of aromatic amines is 1. The molecule has 2 aromatic rings. The molecule has 2 nitrogen and oxygen atoms in total. The van der Waals surface area contributed by atoms with E-state index in [2.05, 4.69) is 4.98 Å². The maximum absolute atomic E-state index is 5.80. The lowest BCUT2D eigenvalue weighted by Crippen LogP contribution is -1.86. The summed E-state index contributed by atoms with van der Waals surface area (Å²) in [5.74, 6) is 1.38. The highest BCUT2D eigenvalue weighted by molar-refractivity contribution is 6.18. The molecule has 3 heteroatoms. The number of hydrogen-bond acceptors (Lipinski definition) is 1. The molecule has 2 rings (SSSR count). The van der Waals surface area contributed by atoms with Crippen LogP contribution in [0.5, 0.6) is 5.75 Å². The van der Waals surface area contributed by atoms with Gasteiger partial charge in [0, 0.05) is 17.5 Å². The number of aromatic nitrogens is 1. The van der Waals surface area contributed by atoms with Crippen molar-refractivity contribution in [3.63, 3.8) is 0 Å². The van der Waals surface area contributed by atoms with Crippen molar-refractivity contribution in [2.75, 3.05) is 7.11 Å². The van der Waals surface area contributed by atoms with Gasteiger partial charge in [0.2, 0.25) is 0 Å². The molecule has 1 aromatic carbocycles. The van der Waals surface area contributed by atoms with E-state index in [1.807, 2.05) is 24.4 Å². The predicted octanol–water partition coefficient (Wildman–Crippen LogP) is 2.92. The molecule has 13 heavy (non-hydrogen) atoms. The quantitative estimate of drug-likeness (QED) is 0.733. The van der Waals surface area contributed by atoms with Crippen LogP contribution in [0.4, 0.5) is 0 Å². The Kier molecular flexibility index (Phi) is 2.15. The largest absolute Gasteiger partial charge is 0.495 e. The number of fused-ring (bicyclic) bond motifs is 1. The van der Waals surface area contributed by atoms with E-state index >= 15 is 0 Å². The van der Waals surface area contributed by atoms with E-state index in [-0.39, 0.29) is 0 Å². The van der Waals surface area contributed by atoms with E-state index < -0.39 is 0 Å². The van der Waals surface area contributed by atoms with Crippen molar-refractivity contribution in [2.45, 2.75) is 5.88 Å². The summed E-state index contributed by atoms with van der Waals surface area (Å²) in [6, 6.07) is 5.92. The molecule has 1 aromatic heterocycles. The fourth-order valence-electron chi connectivity index (χ4n) is 1.48. The van der Waals surface area contributed by atoms with Crippen LogP contribution in [0, 0.1) is 0 Å². The monoisotopic (exact) mass is 195 g/mol. The number of H-pyrrole nitrogens is 1. The van der Waals surface area contributed by atoms with Gasteiger partial charge >= 0.3 is 0 Å². The summed E-state index contributed by atoms with van der Waals surface area (Å²) in [4.78, 5) is 3.13. The van der Waals surface area contributed by atoms with Crippen molar-refractivity contribution in [3.05, 3.63) is 30.0 Å². The van der Waals surface area contributed by atoms with Crippen molar-refractivity contribution >= 4 is 22.5 Å². The average molecular weight is 196 g/mol. The fraction of sp³-hybridized carbons (Fsp3) is 0.200. The molecule has 0 fully saturated rings. The number of alkyl halides is 1. The fourth-order valence-corrected chi connectivity index (χ4v) is 1.71. The number of hydrogen-bond donors (Lipinski definition) is 1.